The summed E-state index contributed by atoms with van der Waals surface area (Å²) in [6, 6.07) is 3.46. The van der Waals surface area contributed by atoms with Gasteiger partial charge in [-0.2, -0.15) is 5.10 Å². The van der Waals surface area contributed by atoms with Crippen LogP contribution in [0.1, 0.15) is 26.3 Å². The molecular formula is C17H20FN3O2. The average molecular weight is 317 g/mol. The lowest BCUT2D eigenvalue weighted by Crippen LogP contribution is -2.35. The van der Waals surface area contributed by atoms with Gasteiger partial charge in [0.15, 0.2) is 0 Å². The Morgan fingerprint density at radius 2 is 2.09 bits per heavy atom. The molecule has 2 heterocycles. The van der Waals surface area contributed by atoms with E-state index in [0.29, 0.717) is 29.8 Å². The van der Waals surface area contributed by atoms with Crippen LogP contribution >= 0.6 is 0 Å². The molecular weight excluding hydrogens is 297 g/mol. The number of carbonyl (C=O) groups is 1. The van der Waals surface area contributed by atoms with Crippen molar-refractivity contribution in [2.24, 2.45) is 7.05 Å². The molecule has 0 radical (unpaired) electrons. The van der Waals surface area contributed by atoms with Crippen LogP contribution in [0.25, 0.3) is 11.1 Å². The van der Waals surface area contributed by atoms with Gasteiger partial charge in [-0.15, -0.1) is 0 Å². The lowest BCUT2D eigenvalue weighted by atomic mass is 10.0. The van der Waals surface area contributed by atoms with Crippen molar-refractivity contribution >= 4 is 11.8 Å². The molecule has 122 valence electrons. The largest absolute Gasteiger partial charge is 0.443 e. The van der Waals surface area contributed by atoms with E-state index in [4.69, 9.17) is 4.74 Å². The molecule has 1 aromatic carbocycles. The number of aryl methyl sites for hydroxylation is 1. The van der Waals surface area contributed by atoms with Gasteiger partial charge in [-0.25, -0.2) is 9.18 Å². The summed E-state index contributed by atoms with van der Waals surface area (Å²) in [6.07, 6.45) is 3.44. The highest BCUT2D eigenvalue weighted by Gasteiger charge is 2.31. The number of aromatic nitrogens is 2. The summed E-state index contributed by atoms with van der Waals surface area (Å²) < 4.78 is 21.8. The molecule has 23 heavy (non-hydrogen) atoms. The van der Waals surface area contributed by atoms with Crippen LogP contribution in [0.2, 0.25) is 0 Å². The number of hydrogen-bond donors (Lipinski definition) is 0. The number of amides is 1. The van der Waals surface area contributed by atoms with Crippen LogP contribution in [0.5, 0.6) is 0 Å². The Morgan fingerprint density at radius 1 is 1.35 bits per heavy atom. The van der Waals surface area contributed by atoms with Gasteiger partial charge in [0.25, 0.3) is 0 Å². The molecule has 0 bridgehead atoms. The maximum Gasteiger partial charge on any atom is 0.414 e. The van der Waals surface area contributed by atoms with Gasteiger partial charge in [-0.3, -0.25) is 9.58 Å². The number of ether oxygens (including phenoxy) is 1. The maximum atomic E-state index is 14.8. The molecule has 0 spiro atoms. The van der Waals surface area contributed by atoms with Crippen molar-refractivity contribution < 1.29 is 13.9 Å². The van der Waals surface area contributed by atoms with Gasteiger partial charge in [0.2, 0.25) is 0 Å². The maximum absolute atomic E-state index is 14.8. The van der Waals surface area contributed by atoms with Gasteiger partial charge in [0.05, 0.1) is 11.9 Å². The SMILES string of the molecule is Cn1cc(-c2ccc3c(c2F)CCN3C(=O)OC(C)(C)C)cn1. The third-order valence-electron chi connectivity index (χ3n) is 3.72. The van der Waals surface area contributed by atoms with Gasteiger partial charge in [-0.1, -0.05) is 0 Å². The van der Waals surface area contributed by atoms with Crippen LogP contribution in [0, 0.1) is 5.82 Å². The first-order chi connectivity index (χ1) is 10.8. The van der Waals surface area contributed by atoms with Crippen molar-refractivity contribution in [2.75, 3.05) is 11.4 Å². The quantitative estimate of drug-likeness (QED) is 0.808. The van der Waals surface area contributed by atoms with Crippen LogP contribution < -0.4 is 4.90 Å². The predicted molar refractivity (Wildman–Crippen MR) is 85.9 cm³/mol. The van der Waals surface area contributed by atoms with E-state index in [1.807, 2.05) is 20.8 Å². The molecule has 1 aliphatic rings. The second-order valence-corrected chi connectivity index (χ2v) is 6.71. The number of halogens is 1. The number of hydrogen-bond acceptors (Lipinski definition) is 3. The van der Waals surface area contributed by atoms with E-state index in [0.717, 1.165) is 5.56 Å². The summed E-state index contributed by atoms with van der Waals surface area (Å²) in [5.41, 5.74) is 1.79. The van der Waals surface area contributed by atoms with Crippen LogP contribution in [0.15, 0.2) is 24.5 Å². The number of rotatable bonds is 1. The zero-order chi connectivity index (χ0) is 16.8. The Balaban J connectivity index is 1.94. The molecule has 1 amide bonds. The molecule has 6 heteroatoms. The summed E-state index contributed by atoms with van der Waals surface area (Å²) in [5, 5.41) is 4.08. The number of fused-ring (bicyclic) bond motifs is 1. The zero-order valence-corrected chi connectivity index (χ0v) is 13.8. The van der Waals surface area contributed by atoms with E-state index in [1.165, 1.54) is 4.90 Å². The highest BCUT2D eigenvalue weighted by atomic mass is 19.1. The molecule has 0 N–H and O–H groups in total. The van der Waals surface area contributed by atoms with Crippen molar-refractivity contribution in [1.82, 2.24) is 9.78 Å². The first-order valence-electron chi connectivity index (χ1n) is 7.57. The van der Waals surface area contributed by atoms with E-state index >= 15 is 0 Å². The van der Waals surface area contributed by atoms with Gasteiger partial charge < -0.3 is 4.74 Å². The van der Waals surface area contributed by atoms with Crippen molar-refractivity contribution in [3.8, 4) is 11.1 Å². The molecule has 5 nitrogen and oxygen atoms in total. The number of benzene rings is 1. The number of carbonyl (C=O) groups excluding carboxylic acids is 1. The van der Waals surface area contributed by atoms with Gasteiger partial charge in [0, 0.05) is 36.5 Å². The molecule has 2 aromatic rings. The number of nitrogens with zero attached hydrogens (tertiary/aromatic N) is 3. The van der Waals surface area contributed by atoms with Crippen molar-refractivity contribution in [2.45, 2.75) is 32.8 Å². The molecule has 0 aliphatic carbocycles. The Bertz CT molecular complexity index is 762. The molecule has 0 atom stereocenters. The number of anilines is 1. The second kappa shape index (κ2) is 5.37. The fourth-order valence-electron chi connectivity index (χ4n) is 2.74. The fraction of sp³-hybridized carbons (Fsp3) is 0.412. The first-order valence-corrected chi connectivity index (χ1v) is 7.57. The van der Waals surface area contributed by atoms with Crippen molar-refractivity contribution in [3.63, 3.8) is 0 Å². The Morgan fingerprint density at radius 3 is 2.70 bits per heavy atom. The summed E-state index contributed by atoms with van der Waals surface area (Å²) in [5.74, 6) is -0.290. The molecule has 1 aromatic heterocycles. The van der Waals surface area contributed by atoms with Crippen molar-refractivity contribution in [3.05, 3.63) is 35.9 Å². The van der Waals surface area contributed by atoms with Crippen molar-refractivity contribution in [1.29, 1.82) is 0 Å². The lowest BCUT2D eigenvalue weighted by molar-refractivity contribution is 0.0584. The van der Waals surface area contributed by atoms with E-state index in [-0.39, 0.29) is 5.82 Å². The van der Waals surface area contributed by atoms with Crippen LogP contribution in [0.3, 0.4) is 0 Å². The fourth-order valence-corrected chi connectivity index (χ4v) is 2.74. The van der Waals surface area contributed by atoms with Gasteiger partial charge in [0.1, 0.15) is 11.4 Å². The average Bonchev–Trinajstić information content (AvgIpc) is 3.04. The molecule has 1 aliphatic heterocycles. The Labute approximate surface area is 134 Å². The van der Waals surface area contributed by atoms with Crippen LogP contribution in [-0.4, -0.2) is 28.0 Å². The summed E-state index contributed by atoms with van der Waals surface area (Å²) >= 11 is 0. The highest BCUT2D eigenvalue weighted by Crippen LogP contribution is 2.36. The minimum atomic E-state index is -0.575. The minimum absolute atomic E-state index is 0.290. The summed E-state index contributed by atoms with van der Waals surface area (Å²) in [7, 11) is 1.79. The Hall–Kier alpha value is -2.37. The monoisotopic (exact) mass is 317 g/mol. The standard InChI is InChI=1S/C17H20FN3O2/c1-17(2,3)23-16(22)21-8-7-13-14(21)6-5-12(15(13)18)11-9-19-20(4)10-11/h5-6,9-10H,7-8H2,1-4H3. The first kappa shape index (κ1) is 15.5. The minimum Gasteiger partial charge on any atom is -0.443 e. The van der Waals surface area contributed by atoms with E-state index in [1.54, 1.807) is 36.3 Å². The van der Waals surface area contributed by atoms with Crippen LogP contribution in [-0.2, 0) is 18.2 Å². The lowest BCUT2D eigenvalue weighted by Gasteiger charge is -2.24. The zero-order valence-electron chi connectivity index (χ0n) is 13.8. The third-order valence-corrected chi connectivity index (χ3v) is 3.72. The van der Waals surface area contributed by atoms with Gasteiger partial charge >= 0.3 is 6.09 Å². The molecule has 0 saturated carbocycles. The summed E-state index contributed by atoms with van der Waals surface area (Å²) in [6.45, 7) is 5.87. The molecule has 3 rings (SSSR count). The summed E-state index contributed by atoms with van der Waals surface area (Å²) in [4.78, 5) is 13.8. The second-order valence-electron chi connectivity index (χ2n) is 6.71. The third kappa shape index (κ3) is 2.93. The van der Waals surface area contributed by atoms with E-state index in [2.05, 4.69) is 5.10 Å². The molecule has 0 fully saturated rings. The normalized spacial score (nSPS) is 14.0. The van der Waals surface area contributed by atoms with E-state index in [9.17, 15) is 9.18 Å². The Kier molecular flexibility index (Phi) is 3.62. The highest BCUT2D eigenvalue weighted by molar-refractivity contribution is 5.91. The smallest absolute Gasteiger partial charge is 0.414 e. The van der Waals surface area contributed by atoms with Crippen LogP contribution in [0.4, 0.5) is 14.9 Å². The van der Waals surface area contributed by atoms with E-state index < -0.39 is 11.7 Å². The van der Waals surface area contributed by atoms with Gasteiger partial charge in [-0.05, 0) is 39.3 Å². The molecule has 0 saturated heterocycles. The molecule has 0 unspecified atom stereocenters. The predicted octanol–water partition coefficient (Wildman–Crippen LogP) is 3.52. The topological polar surface area (TPSA) is 47.4 Å².